The molecule has 0 amide bonds. The minimum absolute atomic E-state index is 0.288. The first-order valence-corrected chi connectivity index (χ1v) is 7.44. The van der Waals surface area contributed by atoms with Gasteiger partial charge in [0.15, 0.2) is 0 Å². The van der Waals surface area contributed by atoms with Gasteiger partial charge in [-0.15, -0.1) is 0 Å². The normalized spacial score (nSPS) is 11.8. The summed E-state index contributed by atoms with van der Waals surface area (Å²) in [6.07, 6.45) is 0. The van der Waals surface area contributed by atoms with Crippen LogP contribution < -0.4 is 0 Å². The maximum absolute atomic E-state index is 12.2. The maximum Gasteiger partial charge on any atom is 0.354 e. The molecular weight excluding hydrogens is 316 g/mol. The number of rotatable bonds is 6. The van der Waals surface area contributed by atoms with E-state index in [0.717, 1.165) is 19.8 Å². The number of carbonyl (C=O) groups is 2. The molecule has 0 saturated carbocycles. The summed E-state index contributed by atoms with van der Waals surface area (Å²) in [5, 5.41) is 9.34. The number of esters is 2. The van der Waals surface area contributed by atoms with Crippen LogP contribution in [0.2, 0.25) is 0 Å². The number of benzene rings is 1. The second-order valence-corrected chi connectivity index (χ2v) is 5.87. The highest BCUT2D eigenvalue weighted by atomic mass is 32.2. The van der Waals surface area contributed by atoms with Crippen LogP contribution in [-0.4, -0.2) is 51.9 Å². The number of aliphatic hydroxyl groups is 1. The summed E-state index contributed by atoms with van der Waals surface area (Å²) < 4.78 is 37.8. The second kappa shape index (κ2) is 6.86. The zero-order chi connectivity index (χ0) is 17.0. The van der Waals surface area contributed by atoms with Crippen molar-refractivity contribution in [2.24, 2.45) is 0 Å². The minimum atomic E-state index is -4.52. The molecule has 1 aromatic carbocycles. The van der Waals surface area contributed by atoms with Gasteiger partial charge >= 0.3 is 17.5 Å². The minimum Gasteiger partial charge on any atom is -0.466 e. The fourth-order valence-electron chi connectivity index (χ4n) is 1.58. The molecule has 0 aromatic heterocycles. The molecule has 0 aliphatic carbocycles. The van der Waals surface area contributed by atoms with Crippen molar-refractivity contribution in [1.29, 1.82) is 0 Å². The molecule has 9 heteroatoms. The monoisotopic (exact) mass is 332 g/mol. The van der Waals surface area contributed by atoms with Crippen LogP contribution in [0.25, 0.3) is 0 Å². The summed E-state index contributed by atoms with van der Waals surface area (Å²) in [5.74, 6) is -2.78. The number of hydrogen-bond donors (Lipinski definition) is 1. The Morgan fingerprint density at radius 3 is 1.91 bits per heavy atom. The maximum atomic E-state index is 12.2. The van der Waals surface area contributed by atoms with E-state index in [2.05, 4.69) is 13.7 Å². The average Bonchev–Trinajstić information content (AvgIpc) is 2.51. The molecule has 122 valence electrons. The lowest BCUT2D eigenvalue weighted by atomic mass is 10.1. The van der Waals surface area contributed by atoms with Crippen LogP contribution in [0.1, 0.15) is 5.56 Å². The van der Waals surface area contributed by atoms with Crippen molar-refractivity contribution < 1.29 is 36.8 Å². The van der Waals surface area contributed by atoms with Crippen molar-refractivity contribution >= 4 is 22.1 Å². The van der Waals surface area contributed by atoms with E-state index >= 15 is 0 Å². The van der Waals surface area contributed by atoms with Gasteiger partial charge in [-0.2, -0.15) is 8.42 Å². The quantitative estimate of drug-likeness (QED) is 0.432. The summed E-state index contributed by atoms with van der Waals surface area (Å²) >= 11 is 0. The zero-order valence-corrected chi connectivity index (χ0v) is 13.0. The molecule has 1 rings (SSSR count). The number of carbonyl (C=O) groups excluding carboxylic acids is 2. The first kappa shape index (κ1) is 18.1. The van der Waals surface area contributed by atoms with E-state index in [1.807, 2.05) is 0 Å². The molecule has 1 aromatic rings. The Hall–Kier alpha value is -1.97. The highest BCUT2D eigenvalue weighted by molar-refractivity contribution is 7.86. The van der Waals surface area contributed by atoms with Crippen LogP contribution in [0.4, 0.5) is 0 Å². The molecule has 0 aliphatic heterocycles. The molecule has 0 heterocycles. The van der Waals surface area contributed by atoms with Gasteiger partial charge < -0.3 is 14.6 Å². The highest BCUT2D eigenvalue weighted by Crippen LogP contribution is 2.23. The Balaban J connectivity index is 3.31. The lowest BCUT2D eigenvalue weighted by molar-refractivity contribution is -0.180. The predicted molar refractivity (Wildman–Crippen MR) is 73.3 cm³/mol. The van der Waals surface area contributed by atoms with Crippen molar-refractivity contribution in [3.05, 3.63) is 29.8 Å². The topological polar surface area (TPSA) is 116 Å². The highest BCUT2D eigenvalue weighted by Gasteiger charge is 2.53. The Labute approximate surface area is 127 Å². The van der Waals surface area contributed by atoms with Crippen LogP contribution in [0.15, 0.2) is 29.2 Å². The van der Waals surface area contributed by atoms with E-state index in [-0.39, 0.29) is 4.90 Å². The van der Waals surface area contributed by atoms with Gasteiger partial charge in [-0.05, 0) is 19.1 Å². The van der Waals surface area contributed by atoms with Gasteiger partial charge in [-0.3, -0.25) is 0 Å². The molecule has 0 aliphatic rings. The SMILES string of the molecule is COC(=O)C(CO)(OS(=O)(=O)c1ccc(C)cc1)C(=O)OC. The molecule has 1 N–H and O–H groups in total. The largest absolute Gasteiger partial charge is 0.466 e. The Kier molecular flexibility index (Phi) is 5.64. The van der Waals surface area contributed by atoms with Crippen LogP contribution in [0.3, 0.4) is 0 Å². The third-order valence-corrected chi connectivity index (χ3v) is 4.17. The number of aliphatic hydroxyl groups excluding tert-OH is 1. The Morgan fingerprint density at radius 2 is 1.55 bits per heavy atom. The van der Waals surface area contributed by atoms with Gasteiger partial charge in [0.1, 0.15) is 0 Å². The third-order valence-electron chi connectivity index (χ3n) is 2.81. The van der Waals surface area contributed by atoms with Gasteiger partial charge in [-0.25, -0.2) is 13.8 Å². The van der Waals surface area contributed by atoms with E-state index in [9.17, 15) is 23.1 Å². The second-order valence-electron chi connectivity index (χ2n) is 4.32. The number of hydrogen-bond acceptors (Lipinski definition) is 8. The lowest BCUT2D eigenvalue weighted by Crippen LogP contribution is -2.54. The molecule has 8 nitrogen and oxygen atoms in total. The van der Waals surface area contributed by atoms with Crippen molar-refractivity contribution in [3.8, 4) is 0 Å². The van der Waals surface area contributed by atoms with Gasteiger partial charge in [-0.1, -0.05) is 17.7 Å². The molecule has 0 atom stereocenters. The fraction of sp³-hybridized carbons (Fsp3) is 0.385. The molecule has 0 radical (unpaired) electrons. The van der Waals surface area contributed by atoms with E-state index in [1.54, 1.807) is 6.92 Å². The zero-order valence-electron chi connectivity index (χ0n) is 12.2. The number of ether oxygens (including phenoxy) is 2. The molecule has 0 fully saturated rings. The lowest BCUT2D eigenvalue weighted by Gasteiger charge is -2.25. The van der Waals surface area contributed by atoms with Crippen LogP contribution >= 0.6 is 0 Å². The van der Waals surface area contributed by atoms with E-state index < -0.39 is 34.3 Å². The summed E-state index contributed by atoms with van der Waals surface area (Å²) in [7, 11) is -2.69. The molecule has 0 unspecified atom stereocenters. The predicted octanol–water partition coefficient (Wildman–Crippen LogP) is -0.223. The summed E-state index contributed by atoms with van der Waals surface area (Å²) in [6, 6.07) is 5.49. The summed E-state index contributed by atoms with van der Waals surface area (Å²) in [4.78, 5) is 23.2. The molecular formula is C13H16O8S. The van der Waals surface area contributed by atoms with Crippen LogP contribution in [-0.2, 0) is 33.4 Å². The first-order chi connectivity index (χ1) is 10.2. The summed E-state index contributed by atoms with van der Waals surface area (Å²) in [5.41, 5.74) is -2.01. The summed E-state index contributed by atoms with van der Waals surface area (Å²) in [6.45, 7) is 0.482. The van der Waals surface area contributed by atoms with Crippen LogP contribution in [0.5, 0.6) is 0 Å². The van der Waals surface area contributed by atoms with Gasteiger partial charge in [0, 0.05) is 0 Å². The first-order valence-electron chi connectivity index (χ1n) is 6.03. The van der Waals surface area contributed by atoms with Crippen molar-refractivity contribution in [2.45, 2.75) is 17.4 Å². The Morgan fingerprint density at radius 1 is 1.09 bits per heavy atom. The van der Waals surface area contributed by atoms with Crippen molar-refractivity contribution in [2.75, 3.05) is 20.8 Å². The van der Waals surface area contributed by atoms with E-state index in [0.29, 0.717) is 0 Å². The number of aryl methyl sites for hydroxylation is 1. The van der Waals surface area contributed by atoms with Crippen molar-refractivity contribution in [1.82, 2.24) is 0 Å². The van der Waals surface area contributed by atoms with E-state index in [1.165, 1.54) is 24.3 Å². The van der Waals surface area contributed by atoms with Crippen molar-refractivity contribution in [3.63, 3.8) is 0 Å². The standard InChI is InChI=1S/C13H16O8S/c1-9-4-6-10(7-5-9)22(17,18)21-13(8-14,11(15)19-2)12(16)20-3/h4-7,14H,8H2,1-3H3. The average molecular weight is 332 g/mol. The molecule has 22 heavy (non-hydrogen) atoms. The smallest absolute Gasteiger partial charge is 0.354 e. The number of methoxy groups -OCH3 is 2. The Bertz CT molecular complexity index is 631. The van der Waals surface area contributed by atoms with Gasteiger partial charge in [0.2, 0.25) is 0 Å². The van der Waals surface area contributed by atoms with Gasteiger partial charge in [0.05, 0.1) is 25.7 Å². The fourth-order valence-corrected chi connectivity index (χ4v) is 2.71. The van der Waals surface area contributed by atoms with Gasteiger partial charge in [0.25, 0.3) is 10.1 Å². The third kappa shape index (κ3) is 3.43. The van der Waals surface area contributed by atoms with Crippen LogP contribution in [0, 0.1) is 6.92 Å². The molecule has 0 bridgehead atoms. The molecule has 0 spiro atoms. The van der Waals surface area contributed by atoms with E-state index in [4.69, 9.17) is 0 Å². The molecule has 0 saturated heterocycles.